The fourth-order valence-corrected chi connectivity index (χ4v) is 3.16. The fraction of sp³-hybridized carbons (Fsp3) is 0.350. The van der Waals surface area contributed by atoms with Gasteiger partial charge in [0, 0.05) is 18.7 Å². The molecule has 0 atom stereocenters. The van der Waals surface area contributed by atoms with E-state index in [1.54, 1.807) is 0 Å². The molecule has 0 unspecified atom stereocenters. The van der Waals surface area contributed by atoms with Gasteiger partial charge in [-0.25, -0.2) is 4.79 Å². The van der Waals surface area contributed by atoms with Crippen LogP contribution in [0.15, 0.2) is 48.5 Å². The molecule has 0 N–H and O–H groups in total. The Kier molecular flexibility index (Phi) is 5.96. The monoisotopic (exact) mass is 354 g/mol. The van der Waals surface area contributed by atoms with Crippen LogP contribution >= 0.6 is 0 Å². The van der Waals surface area contributed by atoms with Crippen LogP contribution in [-0.2, 0) is 17.9 Å². The van der Waals surface area contributed by atoms with Gasteiger partial charge in [-0.05, 0) is 49.2 Å². The summed E-state index contributed by atoms with van der Waals surface area (Å²) in [6.45, 7) is 3.28. The van der Waals surface area contributed by atoms with Gasteiger partial charge in [0.05, 0.1) is 10.5 Å². The van der Waals surface area contributed by atoms with Crippen molar-refractivity contribution in [1.82, 2.24) is 4.90 Å². The Morgan fingerprint density at radius 1 is 1.00 bits per heavy atom. The molecule has 0 spiro atoms. The maximum absolute atomic E-state index is 12.2. The standard InChI is InChI=1S/C20H22N2O4/c23-20(16-8-10-19(11-9-16)22(24)25)26-15-18-7-3-2-6-17(18)14-21-12-4-1-5-13-21/h2-3,6-11H,1,4-5,12-15H2. The lowest BCUT2D eigenvalue weighted by Gasteiger charge is -2.27. The van der Waals surface area contributed by atoms with Crippen LogP contribution in [-0.4, -0.2) is 28.9 Å². The summed E-state index contributed by atoms with van der Waals surface area (Å²) < 4.78 is 5.42. The van der Waals surface area contributed by atoms with Crippen LogP contribution in [0.5, 0.6) is 0 Å². The third kappa shape index (κ3) is 4.67. The lowest BCUT2D eigenvalue weighted by Crippen LogP contribution is -2.29. The number of non-ortho nitro benzene ring substituents is 1. The second-order valence-corrected chi connectivity index (χ2v) is 6.49. The Labute approximate surface area is 152 Å². The summed E-state index contributed by atoms with van der Waals surface area (Å²) in [4.78, 5) is 24.8. The minimum Gasteiger partial charge on any atom is -0.457 e. The van der Waals surface area contributed by atoms with Crippen LogP contribution in [0.3, 0.4) is 0 Å². The highest BCUT2D eigenvalue weighted by molar-refractivity contribution is 5.89. The van der Waals surface area contributed by atoms with E-state index in [0.717, 1.165) is 25.2 Å². The van der Waals surface area contributed by atoms with Gasteiger partial charge in [-0.3, -0.25) is 15.0 Å². The maximum Gasteiger partial charge on any atom is 0.338 e. The molecule has 1 aliphatic rings. The van der Waals surface area contributed by atoms with Gasteiger partial charge in [0.15, 0.2) is 0 Å². The molecule has 0 aliphatic carbocycles. The zero-order chi connectivity index (χ0) is 18.4. The van der Waals surface area contributed by atoms with Crippen molar-refractivity contribution < 1.29 is 14.5 Å². The van der Waals surface area contributed by atoms with E-state index in [2.05, 4.69) is 11.0 Å². The van der Waals surface area contributed by atoms with Gasteiger partial charge in [-0.2, -0.15) is 0 Å². The van der Waals surface area contributed by atoms with E-state index in [4.69, 9.17) is 4.74 Å². The van der Waals surface area contributed by atoms with Gasteiger partial charge < -0.3 is 4.74 Å². The summed E-state index contributed by atoms with van der Waals surface area (Å²) in [5, 5.41) is 10.7. The first-order valence-corrected chi connectivity index (χ1v) is 8.84. The highest BCUT2D eigenvalue weighted by Crippen LogP contribution is 2.18. The van der Waals surface area contributed by atoms with E-state index in [0.29, 0.717) is 5.56 Å². The van der Waals surface area contributed by atoms with Gasteiger partial charge >= 0.3 is 5.97 Å². The molecule has 1 fully saturated rings. The fourth-order valence-electron chi connectivity index (χ4n) is 3.16. The van der Waals surface area contributed by atoms with Gasteiger partial charge in [0.25, 0.3) is 5.69 Å². The number of carbonyl (C=O) groups excluding carboxylic acids is 1. The molecule has 0 amide bonds. The number of benzene rings is 2. The second kappa shape index (κ2) is 8.58. The summed E-state index contributed by atoms with van der Waals surface area (Å²) in [5.74, 6) is -0.479. The van der Waals surface area contributed by atoms with Crippen molar-refractivity contribution >= 4 is 11.7 Å². The molecule has 136 valence electrons. The number of nitro groups is 1. The SMILES string of the molecule is O=C(OCc1ccccc1CN1CCCCC1)c1ccc([N+](=O)[O-])cc1. The molecule has 1 aliphatic heterocycles. The number of ether oxygens (including phenoxy) is 1. The quantitative estimate of drug-likeness (QED) is 0.446. The number of nitrogens with zero attached hydrogens (tertiary/aromatic N) is 2. The number of likely N-dealkylation sites (tertiary alicyclic amines) is 1. The number of rotatable bonds is 6. The normalized spacial score (nSPS) is 14.8. The number of nitro benzene ring substituents is 1. The highest BCUT2D eigenvalue weighted by Gasteiger charge is 2.14. The Hall–Kier alpha value is -2.73. The van der Waals surface area contributed by atoms with Crippen molar-refractivity contribution in [3.05, 3.63) is 75.3 Å². The predicted molar refractivity (Wildman–Crippen MR) is 97.8 cm³/mol. The second-order valence-electron chi connectivity index (χ2n) is 6.49. The van der Waals surface area contributed by atoms with Crippen LogP contribution in [0, 0.1) is 10.1 Å². The average molecular weight is 354 g/mol. The molecule has 2 aromatic carbocycles. The summed E-state index contributed by atoms with van der Waals surface area (Å²) in [5.41, 5.74) is 2.43. The zero-order valence-electron chi connectivity index (χ0n) is 14.6. The summed E-state index contributed by atoms with van der Waals surface area (Å²) in [7, 11) is 0. The molecule has 2 aromatic rings. The largest absolute Gasteiger partial charge is 0.457 e. The van der Waals surface area contributed by atoms with Gasteiger partial charge in [-0.15, -0.1) is 0 Å². The Balaban J connectivity index is 1.61. The molecule has 3 rings (SSSR count). The van der Waals surface area contributed by atoms with Crippen molar-refractivity contribution in [2.75, 3.05) is 13.1 Å². The van der Waals surface area contributed by atoms with Crippen molar-refractivity contribution in [2.24, 2.45) is 0 Å². The minimum absolute atomic E-state index is 0.0478. The molecule has 6 nitrogen and oxygen atoms in total. The van der Waals surface area contributed by atoms with E-state index < -0.39 is 10.9 Å². The maximum atomic E-state index is 12.2. The summed E-state index contributed by atoms with van der Waals surface area (Å²) >= 11 is 0. The van der Waals surface area contributed by atoms with E-state index in [1.807, 2.05) is 18.2 Å². The van der Waals surface area contributed by atoms with Gasteiger partial charge in [0.2, 0.25) is 0 Å². The smallest absolute Gasteiger partial charge is 0.338 e. The molecule has 0 saturated carbocycles. The van der Waals surface area contributed by atoms with Crippen LogP contribution in [0.1, 0.15) is 40.7 Å². The molecular formula is C20H22N2O4. The Morgan fingerprint density at radius 3 is 2.31 bits per heavy atom. The van der Waals surface area contributed by atoms with Crippen molar-refractivity contribution in [3.63, 3.8) is 0 Å². The lowest BCUT2D eigenvalue weighted by atomic mass is 10.1. The van der Waals surface area contributed by atoms with Crippen molar-refractivity contribution in [1.29, 1.82) is 0 Å². The van der Waals surface area contributed by atoms with Gasteiger partial charge in [-0.1, -0.05) is 30.7 Å². The number of carbonyl (C=O) groups is 1. The van der Waals surface area contributed by atoms with E-state index >= 15 is 0 Å². The predicted octanol–water partition coefficient (Wildman–Crippen LogP) is 3.94. The van der Waals surface area contributed by atoms with Crippen LogP contribution < -0.4 is 0 Å². The molecule has 0 bridgehead atoms. The molecule has 6 heteroatoms. The summed E-state index contributed by atoms with van der Waals surface area (Å²) in [6, 6.07) is 13.4. The van der Waals surface area contributed by atoms with E-state index in [1.165, 1.54) is 49.1 Å². The lowest BCUT2D eigenvalue weighted by molar-refractivity contribution is -0.384. The third-order valence-electron chi connectivity index (χ3n) is 4.63. The number of hydrogen-bond donors (Lipinski definition) is 0. The average Bonchev–Trinajstić information content (AvgIpc) is 2.68. The molecular weight excluding hydrogens is 332 g/mol. The molecule has 0 aromatic heterocycles. The zero-order valence-corrected chi connectivity index (χ0v) is 14.6. The van der Waals surface area contributed by atoms with Crippen LogP contribution in [0.2, 0.25) is 0 Å². The Morgan fingerprint density at radius 2 is 1.65 bits per heavy atom. The molecule has 0 radical (unpaired) electrons. The molecule has 1 saturated heterocycles. The number of hydrogen-bond acceptors (Lipinski definition) is 5. The van der Waals surface area contributed by atoms with Crippen molar-refractivity contribution in [2.45, 2.75) is 32.4 Å². The number of esters is 1. The van der Waals surface area contributed by atoms with E-state index in [-0.39, 0.29) is 12.3 Å². The first-order chi connectivity index (χ1) is 12.6. The van der Waals surface area contributed by atoms with E-state index in [9.17, 15) is 14.9 Å². The topological polar surface area (TPSA) is 72.7 Å². The molecule has 1 heterocycles. The Bertz CT molecular complexity index is 768. The van der Waals surface area contributed by atoms with Gasteiger partial charge in [0.1, 0.15) is 6.61 Å². The molecule has 26 heavy (non-hydrogen) atoms. The van der Waals surface area contributed by atoms with Crippen LogP contribution in [0.25, 0.3) is 0 Å². The minimum atomic E-state index is -0.494. The first kappa shape index (κ1) is 18.1. The summed E-state index contributed by atoms with van der Waals surface area (Å²) in [6.07, 6.45) is 3.76. The highest BCUT2D eigenvalue weighted by atomic mass is 16.6. The first-order valence-electron chi connectivity index (χ1n) is 8.84. The van der Waals surface area contributed by atoms with Crippen LogP contribution in [0.4, 0.5) is 5.69 Å². The van der Waals surface area contributed by atoms with Crippen molar-refractivity contribution in [3.8, 4) is 0 Å². The number of piperidine rings is 1. The third-order valence-corrected chi connectivity index (χ3v) is 4.63.